The topological polar surface area (TPSA) is 109 Å². The molecule has 1 aliphatic rings. The number of carbonyl (C=O) groups is 2. The van der Waals surface area contributed by atoms with Crippen molar-refractivity contribution >= 4 is 35.0 Å². The highest BCUT2D eigenvalue weighted by Gasteiger charge is 2.38. The first-order chi connectivity index (χ1) is 17.0. The Labute approximate surface area is 213 Å². The molecule has 4 rings (SSSR count). The van der Waals surface area contributed by atoms with Crippen LogP contribution in [0.4, 0.5) is 0 Å². The van der Waals surface area contributed by atoms with Crippen LogP contribution >= 0.6 is 23.2 Å². The summed E-state index contributed by atoms with van der Waals surface area (Å²) in [5.41, 5.74) is 1.42. The lowest BCUT2D eigenvalue weighted by molar-refractivity contribution is -0.123. The molecule has 10 heteroatoms. The van der Waals surface area contributed by atoms with Gasteiger partial charge in [-0.2, -0.15) is 0 Å². The molecule has 8 nitrogen and oxygen atoms in total. The maximum absolute atomic E-state index is 12.8. The highest BCUT2D eigenvalue weighted by atomic mass is 35.5. The van der Waals surface area contributed by atoms with E-state index < -0.39 is 6.04 Å². The van der Waals surface area contributed by atoms with Gasteiger partial charge in [0.1, 0.15) is 17.5 Å². The Morgan fingerprint density at radius 1 is 1.14 bits per heavy atom. The first kappa shape index (κ1) is 25.2. The summed E-state index contributed by atoms with van der Waals surface area (Å²) in [5.74, 6) is 0.291. The van der Waals surface area contributed by atoms with Crippen LogP contribution in [-0.4, -0.2) is 40.4 Å². The summed E-state index contributed by atoms with van der Waals surface area (Å²) < 4.78 is 5.16. The number of rotatable bonds is 12. The average molecular weight is 516 g/mol. The monoisotopic (exact) mass is 515 g/mol. The van der Waals surface area contributed by atoms with Crippen molar-refractivity contribution in [2.24, 2.45) is 0 Å². The second-order valence-corrected chi connectivity index (χ2v) is 9.40. The molecular formula is C25H27Cl2N5O3. The number of benzene rings is 1. The number of nitrogens with one attached hydrogen (secondary N) is 3. The quantitative estimate of drug-likeness (QED) is 0.313. The molecule has 1 aliphatic carbocycles. The molecule has 1 aromatic carbocycles. The second-order valence-electron chi connectivity index (χ2n) is 8.53. The van der Waals surface area contributed by atoms with Gasteiger partial charge in [0, 0.05) is 28.2 Å². The van der Waals surface area contributed by atoms with Crippen molar-refractivity contribution in [2.45, 2.75) is 50.2 Å². The van der Waals surface area contributed by atoms with Gasteiger partial charge < -0.3 is 20.4 Å². The van der Waals surface area contributed by atoms with Gasteiger partial charge in [-0.1, -0.05) is 29.3 Å². The Hall–Kier alpha value is -2.94. The molecule has 2 amide bonds. The molecule has 35 heavy (non-hydrogen) atoms. The standard InChI is InChI=1S/C25H27Cl2N5O3/c26-17-9-16(10-18(27)11-17)20-12-23(20)30-8-4-2-6-22(24(33)31-14-19-13-28-15-35-19)32-25(34)21-5-1-3-7-29-21/h1,3,5,7,9-11,13,15,20,22-23,30H,2,4,6,8,12,14H2,(H,31,33)(H,32,34). The van der Waals surface area contributed by atoms with Crippen molar-refractivity contribution in [3.8, 4) is 0 Å². The zero-order valence-electron chi connectivity index (χ0n) is 19.0. The van der Waals surface area contributed by atoms with E-state index in [1.807, 2.05) is 12.1 Å². The van der Waals surface area contributed by atoms with Crippen LogP contribution in [0.5, 0.6) is 0 Å². The molecule has 2 aromatic heterocycles. The summed E-state index contributed by atoms with van der Waals surface area (Å²) in [6.07, 6.45) is 7.56. The number of carbonyl (C=O) groups excluding carboxylic acids is 2. The molecule has 184 valence electrons. The Morgan fingerprint density at radius 3 is 2.69 bits per heavy atom. The molecule has 3 aromatic rings. The van der Waals surface area contributed by atoms with E-state index in [0.29, 0.717) is 34.2 Å². The van der Waals surface area contributed by atoms with Gasteiger partial charge in [0.2, 0.25) is 5.91 Å². The summed E-state index contributed by atoms with van der Waals surface area (Å²) in [7, 11) is 0. The van der Waals surface area contributed by atoms with Gasteiger partial charge >= 0.3 is 0 Å². The van der Waals surface area contributed by atoms with Crippen LogP contribution < -0.4 is 16.0 Å². The van der Waals surface area contributed by atoms with Crippen LogP contribution in [0.1, 0.15) is 53.4 Å². The fourth-order valence-corrected chi connectivity index (χ4v) is 4.51. The van der Waals surface area contributed by atoms with E-state index >= 15 is 0 Å². The molecule has 0 saturated heterocycles. The summed E-state index contributed by atoms with van der Waals surface area (Å²) in [6.45, 7) is 1.02. The fraction of sp³-hybridized carbons (Fsp3) is 0.360. The zero-order valence-corrected chi connectivity index (χ0v) is 20.6. The van der Waals surface area contributed by atoms with Gasteiger partial charge in [-0.3, -0.25) is 14.6 Å². The summed E-state index contributed by atoms with van der Waals surface area (Å²) in [4.78, 5) is 33.3. The third-order valence-corrected chi connectivity index (χ3v) is 6.31. The fourth-order valence-electron chi connectivity index (χ4n) is 3.96. The van der Waals surface area contributed by atoms with Gasteiger partial charge in [-0.05, 0) is 68.1 Å². The van der Waals surface area contributed by atoms with Gasteiger partial charge in [0.25, 0.3) is 5.91 Å². The van der Waals surface area contributed by atoms with Crippen molar-refractivity contribution in [1.29, 1.82) is 0 Å². The minimum absolute atomic E-state index is 0.201. The maximum Gasteiger partial charge on any atom is 0.270 e. The number of hydrogen-bond donors (Lipinski definition) is 3. The van der Waals surface area contributed by atoms with Crippen LogP contribution in [-0.2, 0) is 11.3 Å². The highest BCUT2D eigenvalue weighted by molar-refractivity contribution is 6.34. The zero-order chi connectivity index (χ0) is 24.6. The molecule has 3 unspecified atom stereocenters. The van der Waals surface area contributed by atoms with Gasteiger partial charge in [-0.25, -0.2) is 4.98 Å². The smallest absolute Gasteiger partial charge is 0.270 e. The first-order valence-electron chi connectivity index (χ1n) is 11.6. The van der Waals surface area contributed by atoms with E-state index in [1.54, 1.807) is 30.5 Å². The van der Waals surface area contributed by atoms with E-state index in [0.717, 1.165) is 31.4 Å². The highest BCUT2D eigenvalue weighted by Crippen LogP contribution is 2.42. The Bertz CT molecular complexity index is 1110. The number of hydrogen-bond acceptors (Lipinski definition) is 6. The third-order valence-electron chi connectivity index (χ3n) is 5.87. The maximum atomic E-state index is 12.8. The molecule has 0 bridgehead atoms. The SMILES string of the molecule is O=C(NC(CCCCNC1CC1c1cc(Cl)cc(Cl)c1)C(=O)NCc1cnco1)c1ccccn1. The number of oxazole rings is 1. The Balaban J connectivity index is 1.24. The summed E-state index contributed by atoms with van der Waals surface area (Å²) >= 11 is 12.2. The lowest BCUT2D eigenvalue weighted by Gasteiger charge is -2.18. The molecule has 3 N–H and O–H groups in total. The van der Waals surface area contributed by atoms with Crippen molar-refractivity contribution in [1.82, 2.24) is 25.9 Å². The number of nitrogens with zero attached hydrogens (tertiary/aromatic N) is 2. The molecule has 1 fully saturated rings. The summed E-state index contributed by atoms with van der Waals surface area (Å²) in [6, 6.07) is 10.5. The third kappa shape index (κ3) is 7.52. The van der Waals surface area contributed by atoms with Crippen molar-refractivity contribution in [3.05, 3.63) is 82.2 Å². The predicted molar refractivity (Wildman–Crippen MR) is 133 cm³/mol. The van der Waals surface area contributed by atoms with Gasteiger partial charge in [0.15, 0.2) is 6.39 Å². The van der Waals surface area contributed by atoms with E-state index in [4.69, 9.17) is 27.6 Å². The normalized spacial score (nSPS) is 17.5. The van der Waals surface area contributed by atoms with E-state index in [-0.39, 0.29) is 24.1 Å². The number of aromatic nitrogens is 2. The molecule has 2 heterocycles. The minimum atomic E-state index is -0.685. The van der Waals surface area contributed by atoms with E-state index in [2.05, 4.69) is 25.9 Å². The predicted octanol–water partition coefficient (Wildman–Crippen LogP) is 4.11. The lowest BCUT2D eigenvalue weighted by atomic mass is 10.1. The Kier molecular flexibility index (Phi) is 8.74. The average Bonchev–Trinajstić information content (AvgIpc) is 3.43. The van der Waals surface area contributed by atoms with Crippen LogP contribution in [0.3, 0.4) is 0 Å². The van der Waals surface area contributed by atoms with Crippen LogP contribution in [0, 0.1) is 0 Å². The molecule has 0 radical (unpaired) electrons. The van der Waals surface area contributed by atoms with E-state index in [1.165, 1.54) is 12.6 Å². The second kappa shape index (κ2) is 12.2. The number of pyridine rings is 1. The molecule has 0 aliphatic heterocycles. The van der Waals surface area contributed by atoms with Crippen LogP contribution in [0.2, 0.25) is 10.0 Å². The molecule has 1 saturated carbocycles. The van der Waals surface area contributed by atoms with Crippen molar-refractivity contribution in [3.63, 3.8) is 0 Å². The summed E-state index contributed by atoms with van der Waals surface area (Å²) in [5, 5.41) is 10.5. The molecular weight excluding hydrogens is 489 g/mol. The van der Waals surface area contributed by atoms with Gasteiger partial charge in [0.05, 0.1) is 12.7 Å². The van der Waals surface area contributed by atoms with Crippen LogP contribution in [0.25, 0.3) is 0 Å². The molecule has 3 atom stereocenters. The Morgan fingerprint density at radius 2 is 1.97 bits per heavy atom. The number of halogens is 2. The van der Waals surface area contributed by atoms with E-state index in [9.17, 15) is 9.59 Å². The van der Waals surface area contributed by atoms with Crippen molar-refractivity contribution in [2.75, 3.05) is 6.54 Å². The van der Waals surface area contributed by atoms with Crippen molar-refractivity contribution < 1.29 is 14.0 Å². The van der Waals surface area contributed by atoms with Gasteiger partial charge in [-0.15, -0.1) is 0 Å². The number of unbranched alkanes of at least 4 members (excludes halogenated alkanes) is 1. The number of amides is 2. The van der Waals surface area contributed by atoms with Crippen LogP contribution in [0.15, 0.2) is 59.6 Å². The largest absolute Gasteiger partial charge is 0.447 e. The first-order valence-corrected chi connectivity index (χ1v) is 12.3. The molecule has 0 spiro atoms. The minimum Gasteiger partial charge on any atom is -0.447 e. The lowest BCUT2D eigenvalue weighted by Crippen LogP contribution is -2.46.